The molecule has 0 aromatic carbocycles. The van der Waals surface area contributed by atoms with Gasteiger partial charge in [-0.05, 0) is 25.7 Å². The highest BCUT2D eigenvalue weighted by molar-refractivity contribution is 5.43. The third-order valence-electron chi connectivity index (χ3n) is 3.16. The number of hydrogen-bond acceptors (Lipinski definition) is 5. The van der Waals surface area contributed by atoms with Crippen molar-refractivity contribution < 1.29 is 9.47 Å². The molecule has 0 bridgehead atoms. The number of nitrogen functional groups attached to an aromatic ring is 1. The molecule has 1 heterocycles. The van der Waals surface area contributed by atoms with Gasteiger partial charge in [0.15, 0.2) is 0 Å². The van der Waals surface area contributed by atoms with Crippen LogP contribution in [0, 0.1) is 0 Å². The van der Waals surface area contributed by atoms with E-state index >= 15 is 0 Å². The highest BCUT2D eigenvalue weighted by atomic mass is 16.5. The third-order valence-corrected chi connectivity index (χ3v) is 3.16. The first-order chi connectivity index (χ1) is 8.81. The van der Waals surface area contributed by atoms with E-state index in [1.54, 1.807) is 7.11 Å². The van der Waals surface area contributed by atoms with Crippen LogP contribution in [-0.4, -0.2) is 36.9 Å². The van der Waals surface area contributed by atoms with Crippen molar-refractivity contribution in [3.63, 3.8) is 0 Å². The van der Waals surface area contributed by atoms with E-state index in [-0.39, 0.29) is 0 Å². The Hall–Kier alpha value is -1.20. The number of rotatable bonds is 6. The summed E-state index contributed by atoms with van der Waals surface area (Å²) in [6.07, 6.45) is 5.15. The van der Waals surface area contributed by atoms with Crippen molar-refractivity contribution in [2.75, 3.05) is 32.7 Å². The van der Waals surface area contributed by atoms with E-state index in [0.29, 0.717) is 32.1 Å². The Morgan fingerprint density at radius 1 is 1.11 bits per heavy atom. The van der Waals surface area contributed by atoms with Crippen molar-refractivity contribution in [3.8, 4) is 0 Å². The monoisotopic (exact) mass is 251 g/mol. The van der Waals surface area contributed by atoms with Crippen LogP contribution in [0.4, 0.5) is 5.82 Å². The maximum absolute atomic E-state index is 5.98. The van der Waals surface area contributed by atoms with Crippen molar-refractivity contribution >= 4 is 5.82 Å². The Bertz CT molecular complexity index is 396. The molecule has 1 aromatic rings. The zero-order valence-corrected chi connectivity index (χ0v) is 10.9. The summed E-state index contributed by atoms with van der Waals surface area (Å²) in [6.45, 7) is 1.84. The SMILES string of the molecule is COCCOCCc1nc(N)c2c(n1)CCCC2. The summed E-state index contributed by atoms with van der Waals surface area (Å²) < 4.78 is 10.3. The molecule has 0 atom stereocenters. The summed E-state index contributed by atoms with van der Waals surface area (Å²) in [4.78, 5) is 8.95. The van der Waals surface area contributed by atoms with Gasteiger partial charge >= 0.3 is 0 Å². The predicted molar refractivity (Wildman–Crippen MR) is 69.5 cm³/mol. The van der Waals surface area contributed by atoms with Gasteiger partial charge in [0, 0.05) is 24.8 Å². The average Bonchev–Trinajstić information content (AvgIpc) is 2.39. The molecule has 0 saturated carbocycles. The molecular weight excluding hydrogens is 230 g/mol. The first kappa shape index (κ1) is 13.2. The van der Waals surface area contributed by atoms with Gasteiger partial charge in [-0.2, -0.15) is 0 Å². The first-order valence-electron chi connectivity index (χ1n) is 6.52. The normalized spacial score (nSPS) is 14.5. The Labute approximate surface area is 108 Å². The van der Waals surface area contributed by atoms with Gasteiger partial charge in [0.25, 0.3) is 0 Å². The van der Waals surface area contributed by atoms with E-state index in [4.69, 9.17) is 15.2 Å². The van der Waals surface area contributed by atoms with Crippen molar-refractivity contribution in [3.05, 3.63) is 17.1 Å². The molecule has 1 aromatic heterocycles. The van der Waals surface area contributed by atoms with Crippen LogP contribution in [-0.2, 0) is 28.7 Å². The molecule has 1 aliphatic rings. The average molecular weight is 251 g/mol. The summed E-state index contributed by atoms with van der Waals surface area (Å²) >= 11 is 0. The summed E-state index contributed by atoms with van der Waals surface area (Å²) in [5.41, 5.74) is 8.28. The number of nitrogens with two attached hydrogens (primary N) is 1. The quantitative estimate of drug-likeness (QED) is 0.768. The molecule has 18 heavy (non-hydrogen) atoms. The molecule has 5 nitrogen and oxygen atoms in total. The van der Waals surface area contributed by atoms with Gasteiger partial charge in [-0.1, -0.05) is 0 Å². The van der Waals surface area contributed by atoms with Crippen molar-refractivity contribution in [2.24, 2.45) is 0 Å². The number of nitrogens with zero attached hydrogens (tertiary/aromatic N) is 2. The minimum atomic E-state index is 0.608. The molecule has 0 aliphatic heterocycles. The number of methoxy groups -OCH3 is 1. The lowest BCUT2D eigenvalue weighted by Crippen LogP contribution is -2.14. The maximum atomic E-state index is 5.98. The molecule has 1 aliphatic carbocycles. The fourth-order valence-electron chi connectivity index (χ4n) is 2.20. The van der Waals surface area contributed by atoms with Crippen LogP contribution in [0.15, 0.2) is 0 Å². The molecule has 5 heteroatoms. The Kier molecular flexibility index (Phi) is 4.90. The van der Waals surface area contributed by atoms with Crippen LogP contribution in [0.3, 0.4) is 0 Å². The summed E-state index contributed by atoms with van der Waals surface area (Å²) in [7, 11) is 1.66. The second-order valence-corrected chi connectivity index (χ2v) is 4.51. The predicted octanol–water partition coefficient (Wildman–Crippen LogP) is 1.14. The van der Waals surface area contributed by atoms with E-state index in [2.05, 4.69) is 9.97 Å². The van der Waals surface area contributed by atoms with E-state index in [1.807, 2.05) is 0 Å². The lowest BCUT2D eigenvalue weighted by atomic mass is 9.96. The minimum absolute atomic E-state index is 0.608. The minimum Gasteiger partial charge on any atom is -0.383 e. The van der Waals surface area contributed by atoms with E-state index in [0.717, 1.165) is 29.9 Å². The van der Waals surface area contributed by atoms with Gasteiger partial charge in [0.05, 0.1) is 19.8 Å². The zero-order chi connectivity index (χ0) is 12.8. The standard InChI is InChI=1S/C13H21N3O2/c1-17-8-9-18-7-6-12-15-11-5-3-2-4-10(11)13(14)16-12/h2-9H2,1H3,(H2,14,15,16). The molecule has 0 saturated heterocycles. The van der Waals surface area contributed by atoms with Crippen LogP contribution in [0.2, 0.25) is 0 Å². The molecule has 2 N–H and O–H groups in total. The second kappa shape index (κ2) is 6.66. The number of hydrogen-bond donors (Lipinski definition) is 1. The largest absolute Gasteiger partial charge is 0.383 e. The topological polar surface area (TPSA) is 70.3 Å². The van der Waals surface area contributed by atoms with Gasteiger partial charge in [0.2, 0.25) is 0 Å². The first-order valence-corrected chi connectivity index (χ1v) is 6.52. The fourth-order valence-corrected chi connectivity index (χ4v) is 2.20. The van der Waals surface area contributed by atoms with Gasteiger partial charge in [-0.15, -0.1) is 0 Å². The van der Waals surface area contributed by atoms with Crippen LogP contribution < -0.4 is 5.73 Å². The Morgan fingerprint density at radius 2 is 1.94 bits per heavy atom. The molecule has 2 rings (SSSR count). The van der Waals surface area contributed by atoms with Gasteiger partial charge in [0.1, 0.15) is 11.6 Å². The van der Waals surface area contributed by atoms with Crippen molar-refractivity contribution in [1.29, 1.82) is 0 Å². The molecular formula is C13H21N3O2. The molecule has 0 spiro atoms. The summed E-state index contributed by atoms with van der Waals surface area (Å²) in [5.74, 6) is 1.46. The highest BCUT2D eigenvalue weighted by Gasteiger charge is 2.15. The van der Waals surface area contributed by atoms with Gasteiger partial charge in [-0.25, -0.2) is 9.97 Å². The van der Waals surface area contributed by atoms with Crippen LogP contribution in [0.25, 0.3) is 0 Å². The maximum Gasteiger partial charge on any atom is 0.133 e. The number of anilines is 1. The molecule has 0 amide bonds. The Balaban J connectivity index is 1.91. The van der Waals surface area contributed by atoms with Crippen LogP contribution >= 0.6 is 0 Å². The molecule has 100 valence electrons. The smallest absolute Gasteiger partial charge is 0.133 e. The van der Waals surface area contributed by atoms with E-state index in [9.17, 15) is 0 Å². The number of ether oxygens (including phenoxy) is 2. The van der Waals surface area contributed by atoms with Crippen LogP contribution in [0.5, 0.6) is 0 Å². The summed E-state index contributed by atoms with van der Waals surface area (Å²) in [5, 5.41) is 0. The van der Waals surface area contributed by atoms with Crippen molar-refractivity contribution in [1.82, 2.24) is 9.97 Å². The Morgan fingerprint density at radius 3 is 2.78 bits per heavy atom. The summed E-state index contributed by atoms with van der Waals surface area (Å²) in [6, 6.07) is 0. The highest BCUT2D eigenvalue weighted by Crippen LogP contribution is 2.23. The third kappa shape index (κ3) is 3.40. The molecule has 0 fully saturated rings. The van der Waals surface area contributed by atoms with Crippen LogP contribution in [0.1, 0.15) is 29.9 Å². The lowest BCUT2D eigenvalue weighted by Gasteiger charge is -2.17. The van der Waals surface area contributed by atoms with Gasteiger partial charge < -0.3 is 15.2 Å². The molecule has 0 unspecified atom stereocenters. The van der Waals surface area contributed by atoms with E-state index in [1.165, 1.54) is 12.8 Å². The molecule has 0 radical (unpaired) electrons. The number of fused-ring (bicyclic) bond motifs is 1. The lowest BCUT2D eigenvalue weighted by molar-refractivity contribution is 0.0716. The zero-order valence-electron chi connectivity index (χ0n) is 10.9. The fraction of sp³-hybridized carbons (Fsp3) is 0.692. The number of aryl methyl sites for hydroxylation is 1. The van der Waals surface area contributed by atoms with Crippen molar-refractivity contribution in [2.45, 2.75) is 32.1 Å². The second-order valence-electron chi connectivity index (χ2n) is 4.51. The van der Waals surface area contributed by atoms with Gasteiger partial charge in [-0.3, -0.25) is 0 Å². The number of aromatic nitrogens is 2. The van der Waals surface area contributed by atoms with E-state index < -0.39 is 0 Å².